The van der Waals surface area contributed by atoms with Gasteiger partial charge < -0.3 is 0 Å². The number of nitrogens with zero attached hydrogens (tertiary/aromatic N) is 1. The molecule has 0 aromatic heterocycles. The lowest BCUT2D eigenvalue weighted by atomic mass is 10.1. The van der Waals surface area contributed by atoms with Crippen molar-refractivity contribution in [1.82, 2.24) is 0 Å². The van der Waals surface area contributed by atoms with Gasteiger partial charge in [-0.1, -0.05) is 6.07 Å². The second-order valence-corrected chi connectivity index (χ2v) is 5.90. The topological polar surface area (TPSA) is 70.0 Å². The summed E-state index contributed by atoms with van der Waals surface area (Å²) in [4.78, 5) is -0.0655. The van der Waals surface area contributed by atoms with E-state index in [0.29, 0.717) is 0 Å². The number of rotatable bonds is 3. The Labute approximate surface area is 116 Å². The lowest BCUT2D eigenvalue weighted by Crippen LogP contribution is -2.14. The van der Waals surface area contributed by atoms with Crippen LogP contribution in [0, 0.1) is 24.1 Å². The summed E-state index contributed by atoms with van der Waals surface area (Å²) in [6.07, 6.45) is 0. The second-order valence-electron chi connectivity index (χ2n) is 4.22. The van der Waals surface area contributed by atoms with E-state index in [1.54, 1.807) is 19.1 Å². The highest BCUT2D eigenvalue weighted by molar-refractivity contribution is 7.92. The number of benzene rings is 2. The highest BCUT2D eigenvalue weighted by Crippen LogP contribution is 2.21. The van der Waals surface area contributed by atoms with Crippen molar-refractivity contribution in [2.75, 3.05) is 4.72 Å². The Morgan fingerprint density at radius 2 is 1.80 bits per heavy atom. The van der Waals surface area contributed by atoms with Crippen LogP contribution in [0.25, 0.3) is 0 Å². The van der Waals surface area contributed by atoms with Crippen LogP contribution in [0.15, 0.2) is 47.4 Å². The monoisotopic (exact) mass is 290 g/mol. The third-order valence-electron chi connectivity index (χ3n) is 2.66. The van der Waals surface area contributed by atoms with E-state index in [2.05, 4.69) is 4.72 Å². The molecular formula is C14H11FN2O2S. The number of nitrogens with one attached hydrogen (secondary N) is 1. The van der Waals surface area contributed by atoms with Crippen LogP contribution in [0.4, 0.5) is 10.1 Å². The van der Waals surface area contributed by atoms with Gasteiger partial charge in [-0.3, -0.25) is 4.72 Å². The molecule has 0 spiro atoms. The lowest BCUT2D eigenvalue weighted by Gasteiger charge is -2.10. The predicted molar refractivity (Wildman–Crippen MR) is 73.1 cm³/mol. The van der Waals surface area contributed by atoms with E-state index in [0.717, 1.165) is 17.7 Å². The molecule has 0 unspecified atom stereocenters. The minimum absolute atomic E-state index is 0.0655. The molecule has 0 saturated heterocycles. The molecule has 2 aromatic carbocycles. The van der Waals surface area contributed by atoms with Gasteiger partial charge in [0.1, 0.15) is 11.9 Å². The van der Waals surface area contributed by atoms with Gasteiger partial charge in [0.05, 0.1) is 16.1 Å². The summed E-state index contributed by atoms with van der Waals surface area (Å²) in [5.74, 6) is -0.516. The van der Waals surface area contributed by atoms with Crippen molar-refractivity contribution in [3.05, 3.63) is 59.4 Å². The zero-order valence-corrected chi connectivity index (χ0v) is 11.4. The molecule has 2 aromatic rings. The van der Waals surface area contributed by atoms with Crippen LogP contribution in [-0.2, 0) is 10.0 Å². The van der Waals surface area contributed by atoms with Crippen molar-refractivity contribution in [2.24, 2.45) is 0 Å². The van der Waals surface area contributed by atoms with Crippen LogP contribution in [0.3, 0.4) is 0 Å². The van der Waals surface area contributed by atoms with Gasteiger partial charge in [-0.2, -0.15) is 5.26 Å². The summed E-state index contributed by atoms with van der Waals surface area (Å²) >= 11 is 0. The lowest BCUT2D eigenvalue weighted by molar-refractivity contribution is 0.599. The standard InChI is InChI=1S/C14H11FN2O2S/c1-10-2-3-11(9-16)14(8-10)17-20(18,19)13-6-4-12(15)5-7-13/h2-8,17H,1H3. The molecule has 102 valence electrons. The Bertz CT molecular complexity index is 778. The van der Waals surface area contributed by atoms with Crippen LogP contribution in [0.1, 0.15) is 11.1 Å². The minimum Gasteiger partial charge on any atom is -0.278 e. The summed E-state index contributed by atoms with van der Waals surface area (Å²) < 4.78 is 39.5. The van der Waals surface area contributed by atoms with E-state index in [1.165, 1.54) is 18.2 Å². The smallest absolute Gasteiger partial charge is 0.261 e. The number of hydrogen-bond acceptors (Lipinski definition) is 3. The first kappa shape index (κ1) is 14.0. The summed E-state index contributed by atoms with van der Waals surface area (Å²) in [6, 6.07) is 11.2. The SMILES string of the molecule is Cc1ccc(C#N)c(NS(=O)(=O)c2ccc(F)cc2)c1. The summed E-state index contributed by atoms with van der Waals surface area (Å²) in [5, 5.41) is 8.98. The molecule has 0 fully saturated rings. The van der Waals surface area contributed by atoms with E-state index in [9.17, 15) is 12.8 Å². The molecule has 0 saturated carbocycles. The average molecular weight is 290 g/mol. The Morgan fingerprint density at radius 3 is 2.40 bits per heavy atom. The van der Waals surface area contributed by atoms with Crippen molar-refractivity contribution in [2.45, 2.75) is 11.8 Å². The fourth-order valence-electron chi connectivity index (χ4n) is 1.66. The molecule has 0 aliphatic heterocycles. The molecule has 0 aliphatic rings. The fraction of sp³-hybridized carbons (Fsp3) is 0.0714. The number of hydrogen-bond donors (Lipinski definition) is 1. The maximum atomic E-state index is 12.8. The van der Waals surface area contributed by atoms with E-state index < -0.39 is 15.8 Å². The summed E-state index contributed by atoms with van der Waals surface area (Å²) in [7, 11) is -3.85. The number of nitriles is 1. The molecule has 0 atom stereocenters. The third kappa shape index (κ3) is 2.95. The van der Waals surface area contributed by atoms with Crippen molar-refractivity contribution in [1.29, 1.82) is 5.26 Å². The van der Waals surface area contributed by atoms with Crippen LogP contribution < -0.4 is 4.72 Å². The van der Waals surface area contributed by atoms with Gasteiger partial charge in [0.15, 0.2) is 0 Å². The quantitative estimate of drug-likeness (QED) is 0.945. The van der Waals surface area contributed by atoms with Crippen LogP contribution in [0.2, 0.25) is 0 Å². The van der Waals surface area contributed by atoms with Gasteiger partial charge in [-0.05, 0) is 48.9 Å². The molecule has 6 heteroatoms. The van der Waals surface area contributed by atoms with Gasteiger partial charge >= 0.3 is 0 Å². The molecule has 0 amide bonds. The number of anilines is 1. The maximum absolute atomic E-state index is 12.8. The first-order valence-corrected chi connectivity index (χ1v) is 7.20. The Hall–Kier alpha value is -2.39. The van der Waals surface area contributed by atoms with E-state index >= 15 is 0 Å². The normalized spacial score (nSPS) is 10.8. The molecule has 20 heavy (non-hydrogen) atoms. The molecule has 0 bridgehead atoms. The van der Waals surface area contributed by atoms with Gasteiger partial charge in [-0.25, -0.2) is 12.8 Å². The molecule has 0 heterocycles. The number of halogens is 1. The van der Waals surface area contributed by atoms with Gasteiger partial charge in [0.2, 0.25) is 0 Å². The van der Waals surface area contributed by atoms with Gasteiger partial charge in [-0.15, -0.1) is 0 Å². The number of aryl methyl sites for hydroxylation is 1. The predicted octanol–water partition coefficient (Wildman–Crippen LogP) is 2.81. The van der Waals surface area contributed by atoms with Gasteiger partial charge in [0.25, 0.3) is 10.0 Å². The zero-order valence-electron chi connectivity index (χ0n) is 10.6. The molecule has 4 nitrogen and oxygen atoms in total. The molecule has 2 rings (SSSR count). The first-order valence-electron chi connectivity index (χ1n) is 5.71. The van der Waals surface area contributed by atoms with E-state index in [4.69, 9.17) is 5.26 Å². The maximum Gasteiger partial charge on any atom is 0.261 e. The van der Waals surface area contributed by atoms with Crippen molar-refractivity contribution < 1.29 is 12.8 Å². The molecular weight excluding hydrogens is 279 g/mol. The Balaban J connectivity index is 2.41. The van der Waals surface area contributed by atoms with Crippen LogP contribution in [-0.4, -0.2) is 8.42 Å². The van der Waals surface area contributed by atoms with Crippen molar-refractivity contribution >= 4 is 15.7 Å². The summed E-state index contributed by atoms with van der Waals surface area (Å²) in [5.41, 5.74) is 1.25. The fourth-order valence-corrected chi connectivity index (χ4v) is 2.73. The average Bonchev–Trinajstić information content (AvgIpc) is 2.39. The van der Waals surface area contributed by atoms with Crippen LogP contribution >= 0.6 is 0 Å². The highest BCUT2D eigenvalue weighted by Gasteiger charge is 2.16. The van der Waals surface area contributed by atoms with Crippen LogP contribution in [0.5, 0.6) is 0 Å². The largest absolute Gasteiger partial charge is 0.278 e. The molecule has 1 N–H and O–H groups in total. The summed E-state index contributed by atoms with van der Waals surface area (Å²) in [6.45, 7) is 1.79. The Morgan fingerprint density at radius 1 is 1.15 bits per heavy atom. The van der Waals surface area contributed by atoms with Gasteiger partial charge in [0, 0.05) is 0 Å². The molecule has 0 radical (unpaired) electrons. The first-order chi connectivity index (χ1) is 9.42. The van der Waals surface area contributed by atoms with Crippen molar-refractivity contribution in [3.8, 4) is 6.07 Å². The third-order valence-corrected chi connectivity index (χ3v) is 4.05. The van der Waals surface area contributed by atoms with E-state index in [-0.39, 0.29) is 16.1 Å². The Kier molecular flexibility index (Phi) is 3.72. The molecule has 0 aliphatic carbocycles. The zero-order chi connectivity index (χ0) is 14.8. The minimum atomic E-state index is -3.85. The highest BCUT2D eigenvalue weighted by atomic mass is 32.2. The second kappa shape index (κ2) is 5.31. The number of sulfonamides is 1. The van der Waals surface area contributed by atoms with E-state index in [1.807, 2.05) is 6.07 Å². The van der Waals surface area contributed by atoms with Crippen molar-refractivity contribution in [3.63, 3.8) is 0 Å².